The molecule has 1 atom stereocenters. The van der Waals surface area contributed by atoms with Crippen LogP contribution in [0.15, 0.2) is 24.4 Å². The molecule has 2 nitrogen and oxygen atoms in total. The zero-order valence-electron chi connectivity index (χ0n) is 8.09. The number of nitrogens with one attached hydrogen (secondary N) is 1. The van der Waals surface area contributed by atoms with E-state index in [2.05, 4.69) is 23.2 Å². The maximum atomic E-state index is 6.10. The fraction of sp³-hybridized carbons (Fsp3) is 0.333. The van der Waals surface area contributed by atoms with Crippen molar-refractivity contribution in [1.82, 2.24) is 4.98 Å². The summed E-state index contributed by atoms with van der Waals surface area (Å²) in [5, 5.41) is 1.28. The molecule has 1 aromatic heterocycles. The third-order valence-corrected chi connectivity index (χ3v) is 3.17. The number of aromatic amines is 1. The van der Waals surface area contributed by atoms with Gasteiger partial charge in [0.05, 0.1) is 0 Å². The van der Waals surface area contributed by atoms with Crippen molar-refractivity contribution in [1.29, 1.82) is 0 Å². The summed E-state index contributed by atoms with van der Waals surface area (Å²) in [4.78, 5) is 3.24. The molecule has 0 saturated carbocycles. The maximum Gasteiger partial charge on any atom is 0.0456 e. The second-order valence-electron chi connectivity index (χ2n) is 4.11. The number of hydrogen-bond acceptors (Lipinski definition) is 1. The van der Waals surface area contributed by atoms with Crippen molar-refractivity contribution in [3.63, 3.8) is 0 Å². The van der Waals surface area contributed by atoms with Gasteiger partial charge in [0.15, 0.2) is 0 Å². The van der Waals surface area contributed by atoms with Crippen LogP contribution >= 0.6 is 0 Å². The number of aromatic nitrogens is 1. The predicted molar refractivity (Wildman–Crippen MR) is 58.2 cm³/mol. The Morgan fingerprint density at radius 2 is 2.29 bits per heavy atom. The van der Waals surface area contributed by atoms with Crippen LogP contribution in [0, 0.1) is 0 Å². The van der Waals surface area contributed by atoms with Gasteiger partial charge in [-0.15, -0.1) is 0 Å². The molecule has 2 aromatic rings. The minimum Gasteiger partial charge on any atom is -0.361 e. The van der Waals surface area contributed by atoms with Gasteiger partial charge in [-0.05, 0) is 54.0 Å². The molecule has 1 aliphatic rings. The molecule has 1 aromatic carbocycles. The van der Waals surface area contributed by atoms with Crippen LogP contribution in [0.1, 0.15) is 30.0 Å². The molecular formula is C12H14N2. The Morgan fingerprint density at radius 3 is 3.21 bits per heavy atom. The van der Waals surface area contributed by atoms with Gasteiger partial charge < -0.3 is 10.7 Å². The molecule has 1 heterocycles. The lowest BCUT2D eigenvalue weighted by molar-refractivity contribution is 0.571. The molecule has 3 rings (SSSR count). The average Bonchev–Trinajstić information content (AvgIpc) is 2.62. The molecule has 1 aliphatic carbocycles. The number of fused-ring (bicyclic) bond motifs is 2. The molecule has 0 amide bonds. The van der Waals surface area contributed by atoms with Crippen LogP contribution in [0.25, 0.3) is 10.9 Å². The van der Waals surface area contributed by atoms with E-state index in [1.807, 2.05) is 6.20 Å². The van der Waals surface area contributed by atoms with Crippen LogP contribution in [0.3, 0.4) is 0 Å². The molecule has 3 N–H and O–H groups in total. The van der Waals surface area contributed by atoms with E-state index in [9.17, 15) is 0 Å². The second-order valence-corrected chi connectivity index (χ2v) is 4.11. The summed E-state index contributed by atoms with van der Waals surface area (Å²) in [7, 11) is 0. The summed E-state index contributed by atoms with van der Waals surface area (Å²) < 4.78 is 0. The summed E-state index contributed by atoms with van der Waals surface area (Å²) in [5.74, 6) is 0. The monoisotopic (exact) mass is 186 g/mol. The van der Waals surface area contributed by atoms with E-state index in [1.165, 1.54) is 34.9 Å². The Hall–Kier alpha value is -1.28. The normalized spacial score (nSPS) is 21.1. The molecule has 2 heteroatoms. The molecule has 0 bridgehead atoms. The summed E-state index contributed by atoms with van der Waals surface area (Å²) in [5.41, 5.74) is 10.1. The van der Waals surface area contributed by atoms with E-state index in [0.717, 1.165) is 6.42 Å². The maximum absolute atomic E-state index is 6.10. The minimum atomic E-state index is 0.248. The lowest BCUT2D eigenvalue weighted by Gasteiger charge is -2.22. The number of benzene rings is 1. The van der Waals surface area contributed by atoms with Crippen LogP contribution in [0.5, 0.6) is 0 Å². The Kier molecular flexibility index (Phi) is 1.64. The summed E-state index contributed by atoms with van der Waals surface area (Å²) in [6.45, 7) is 0. The summed E-state index contributed by atoms with van der Waals surface area (Å²) >= 11 is 0. The van der Waals surface area contributed by atoms with E-state index in [4.69, 9.17) is 5.73 Å². The standard InChI is InChI=1S/C12H14N2/c13-11-3-1-2-8-7-12-9(4-5-14-12)6-10(8)11/h4-7,11,14H,1-3,13H2/t11-/m1/s1. The number of hydrogen-bond donors (Lipinski definition) is 2. The van der Waals surface area contributed by atoms with Gasteiger partial charge in [0.25, 0.3) is 0 Å². The van der Waals surface area contributed by atoms with Gasteiger partial charge in [-0.2, -0.15) is 0 Å². The van der Waals surface area contributed by atoms with E-state index >= 15 is 0 Å². The first-order chi connectivity index (χ1) is 6.84. The van der Waals surface area contributed by atoms with Crippen molar-refractivity contribution in [2.45, 2.75) is 25.3 Å². The van der Waals surface area contributed by atoms with Crippen LogP contribution in [0.2, 0.25) is 0 Å². The highest BCUT2D eigenvalue weighted by Gasteiger charge is 2.17. The van der Waals surface area contributed by atoms with Gasteiger partial charge in [0.2, 0.25) is 0 Å². The molecule has 0 aliphatic heterocycles. The van der Waals surface area contributed by atoms with Crippen molar-refractivity contribution < 1.29 is 0 Å². The first-order valence-corrected chi connectivity index (χ1v) is 5.20. The lowest BCUT2D eigenvalue weighted by Crippen LogP contribution is -2.17. The van der Waals surface area contributed by atoms with Gasteiger partial charge in [0.1, 0.15) is 0 Å². The first kappa shape index (κ1) is 8.06. The first-order valence-electron chi connectivity index (χ1n) is 5.20. The van der Waals surface area contributed by atoms with Crippen molar-refractivity contribution in [3.05, 3.63) is 35.5 Å². The Bertz CT molecular complexity index is 470. The highest BCUT2D eigenvalue weighted by molar-refractivity contribution is 5.81. The van der Waals surface area contributed by atoms with Gasteiger partial charge in [-0.3, -0.25) is 0 Å². The lowest BCUT2D eigenvalue weighted by atomic mass is 9.87. The number of aryl methyl sites for hydroxylation is 1. The van der Waals surface area contributed by atoms with Crippen LogP contribution in [0.4, 0.5) is 0 Å². The largest absolute Gasteiger partial charge is 0.361 e. The van der Waals surface area contributed by atoms with Gasteiger partial charge in [-0.1, -0.05) is 0 Å². The molecule has 0 spiro atoms. The van der Waals surface area contributed by atoms with Crippen LogP contribution in [-0.4, -0.2) is 4.98 Å². The molecule has 0 saturated heterocycles. The molecular weight excluding hydrogens is 172 g/mol. The third-order valence-electron chi connectivity index (χ3n) is 3.17. The highest BCUT2D eigenvalue weighted by Crippen LogP contribution is 2.30. The number of rotatable bonds is 0. The molecule has 72 valence electrons. The van der Waals surface area contributed by atoms with Gasteiger partial charge >= 0.3 is 0 Å². The Morgan fingerprint density at radius 1 is 1.36 bits per heavy atom. The zero-order valence-corrected chi connectivity index (χ0v) is 8.09. The molecule has 0 unspecified atom stereocenters. The molecule has 0 radical (unpaired) electrons. The second kappa shape index (κ2) is 2.85. The van der Waals surface area contributed by atoms with Crippen LogP contribution in [-0.2, 0) is 6.42 Å². The van der Waals surface area contributed by atoms with Crippen LogP contribution < -0.4 is 5.73 Å². The van der Waals surface area contributed by atoms with Crippen molar-refractivity contribution in [2.24, 2.45) is 5.73 Å². The van der Waals surface area contributed by atoms with E-state index in [-0.39, 0.29) is 6.04 Å². The Labute approximate surface area is 83.1 Å². The SMILES string of the molecule is N[C@@H]1CCCc2cc3[nH]ccc3cc21. The predicted octanol–water partition coefficient (Wildman–Crippen LogP) is 2.50. The topological polar surface area (TPSA) is 41.8 Å². The third kappa shape index (κ3) is 1.07. The quantitative estimate of drug-likeness (QED) is 0.652. The zero-order chi connectivity index (χ0) is 9.54. The Balaban J connectivity index is 2.27. The summed E-state index contributed by atoms with van der Waals surface area (Å²) in [6, 6.07) is 6.85. The fourth-order valence-electron chi connectivity index (χ4n) is 2.39. The summed E-state index contributed by atoms with van der Waals surface area (Å²) in [6.07, 6.45) is 5.52. The van der Waals surface area contributed by atoms with Crippen molar-refractivity contribution >= 4 is 10.9 Å². The van der Waals surface area contributed by atoms with Crippen molar-refractivity contribution in [3.8, 4) is 0 Å². The minimum absolute atomic E-state index is 0.248. The van der Waals surface area contributed by atoms with E-state index < -0.39 is 0 Å². The highest BCUT2D eigenvalue weighted by atomic mass is 14.7. The van der Waals surface area contributed by atoms with E-state index in [0.29, 0.717) is 0 Å². The number of nitrogens with two attached hydrogens (primary N) is 1. The van der Waals surface area contributed by atoms with Gasteiger partial charge in [-0.25, -0.2) is 0 Å². The van der Waals surface area contributed by atoms with Crippen molar-refractivity contribution in [2.75, 3.05) is 0 Å². The fourth-order valence-corrected chi connectivity index (χ4v) is 2.39. The number of H-pyrrole nitrogens is 1. The van der Waals surface area contributed by atoms with Gasteiger partial charge in [0, 0.05) is 17.8 Å². The van der Waals surface area contributed by atoms with E-state index in [1.54, 1.807) is 0 Å². The molecule has 14 heavy (non-hydrogen) atoms. The molecule has 0 fully saturated rings. The average molecular weight is 186 g/mol. The smallest absolute Gasteiger partial charge is 0.0456 e.